The average molecular weight is 207 g/mol. The van der Waals surface area contributed by atoms with Crippen LogP contribution in [0.25, 0.3) is 0 Å². The number of hydrogen-bond donors (Lipinski definition) is 1. The minimum atomic E-state index is 0.0710. The van der Waals surface area contributed by atoms with Crippen molar-refractivity contribution in [1.29, 1.82) is 0 Å². The van der Waals surface area contributed by atoms with Crippen molar-refractivity contribution in [3.63, 3.8) is 0 Å². The lowest BCUT2D eigenvalue weighted by Gasteiger charge is -2.33. The van der Waals surface area contributed by atoms with Crippen LogP contribution in [0.5, 0.6) is 11.5 Å². The molecule has 0 saturated heterocycles. The van der Waals surface area contributed by atoms with E-state index in [9.17, 15) is 0 Å². The Labute approximate surface area is 90.2 Å². The predicted molar refractivity (Wildman–Crippen MR) is 59.4 cm³/mol. The molecule has 0 aromatic heterocycles. The van der Waals surface area contributed by atoms with E-state index in [1.165, 1.54) is 5.56 Å². The van der Waals surface area contributed by atoms with Crippen molar-refractivity contribution in [2.75, 3.05) is 20.3 Å². The van der Waals surface area contributed by atoms with E-state index in [2.05, 4.69) is 13.0 Å². The zero-order valence-electron chi connectivity index (χ0n) is 9.25. The maximum atomic E-state index is 5.75. The number of ether oxygens (including phenoxy) is 2. The molecule has 0 spiro atoms. The first-order valence-corrected chi connectivity index (χ1v) is 5.17. The highest BCUT2D eigenvalue weighted by Gasteiger charge is 2.30. The summed E-state index contributed by atoms with van der Waals surface area (Å²) in [5, 5.41) is 0. The predicted octanol–water partition coefficient (Wildman–Crippen LogP) is 1.60. The maximum absolute atomic E-state index is 5.75. The van der Waals surface area contributed by atoms with E-state index in [4.69, 9.17) is 15.2 Å². The maximum Gasteiger partial charge on any atom is 0.126 e. The summed E-state index contributed by atoms with van der Waals surface area (Å²) in [4.78, 5) is 0. The number of benzene rings is 1. The van der Waals surface area contributed by atoms with Crippen LogP contribution >= 0.6 is 0 Å². The molecule has 3 heteroatoms. The fourth-order valence-electron chi connectivity index (χ4n) is 1.84. The van der Waals surface area contributed by atoms with Crippen molar-refractivity contribution >= 4 is 0 Å². The molecule has 0 bridgehead atoms. The van der Waals surface area contributed by atoms with Crippen LogP contribution in [0.15, 0.2) is 18.2 Å². The fourth-order valence-corrected chi connectivity index (χ4v) is 1.84. The van der Waals surface area contributed by atoms with E-state index in [-0.39, 0.29) is 5.41 Å². The molecule has 0 saturated carbocycles. The number of fused-ring (bicyclic) bond motifs is 1. The summed E-state index contributed by atoms with van der Waals surface area (Å²) in [7, 11) is 1.66. The van der Waals surface area contributed by atoms with Crippen LogP contribution in [-0.2, 0) is 6.42 Å². The Morgan fingerprint density at radius 2 is 2.33 bits per heavy atom. The van der Waals surface area contributed by atoms with Crippen molar-refractivity contribution in [3.05, 3.63) is 23.8 Å². The van der Waals surface area contributed by atoms with Gasteiger partial charge in [-0.3, -0.25) is 0 Å². The second-order valence-corrected chi connectivity index (χ2v) is 4.45. The smallest absolute Gasteiger partial charge is 0.126 e. The summed E-state index contributed by atoms with van der Waals surface area (Å²) >= 11 is 0. The zero-order valence-corrected chi connectivity index (χ0v) is 9.25. The minimum absolute atomic E-state index is 0.0710. The van der Waals surface area contributed by atoms with Crippen molar-refractivity contribution < 1.29 is 9.47 Å². The molecule has 2 rings (SSSR count). The molecule has 3 nitrogen and oxygen atoms in total. The SMILES string of the molecule is COc1ccc2c(c1)OCC(C)(CN)C2. The lowest BCUT2D eigenvalue weighted by molar-refractivity contribution is 0.144. The Morgan fingerprint density at radius 3 is 3.00 bits per heavy atom. The summed E-state index contributed by atoms with van der Waals surface area (Å²) in [6.45, 7) is 3.49. The molecule has 0 fully saturated rings. The van der Waals surface area contributed by atoms with E-state index in [0.717, 1.165) is 17.9 Å². The second kappa shape index (κ2) is 3.74. The van der Waals surface area contributed by atoms with E-state index in [0.29, 0.717) is 13.2 Å². The Morgan fingerprint density at radius 1 is 1.53 bits per heavy atom. The third-order valence-corrected chi connectivity index (χ3v) is 2.96. The number of nitrogens with two attached hydrogens (primary N) is 1. The average Bonchev–Trinajstić information content (AvgIpc) is 2.28. The highest BCUT2D eigenvalue weighted by molar-refractivity contribution is 5.42. The van der Waals surface area contributed by atoms with Crippen molar-refractivity contribution in [1.82, 2.24) is 0 Å². The van der Waals surface area contributed by atoms with Gasteiger partial charge in [-0.1, -0.05) is 13.0 Å². The second-order valence-electron chi connectivity index (χ2n) is 4.45. The zero-order chi connectivity index (χ0) is 10.9. The molecule has 0 aliphatic carbocycles. The number of hydrogen-bond acceptors (Lipinski definition) is 3. The summed E-state index contributed by atoms with van der Waals surface area (Å²) in [5.41, 5.74) is 7.03. The minimum Gasteiger partial charge on any atom is -0.497 e. The third kappa shape index (κ3) is 1.92. The van der Waals surface area contributed by atoms with Gasteiger partial charge in [-0.25, -0.2) is 0 Å². The van der Waals surface area contributed by atoms with Crippen LogP contribution in [0.2, 0.25) is 0 Å². The van der Waals surface area contributed by atoms with Crippen molar-refractivity contribution in [2.45, 2.75) is 13.3 Å². The molecule has 1 aliphatic heterocycles. The van der Waals surface area contributed by atoms with Crippen LogP contribution in [-0.4, -0.2) is 20.3 Å². The molecule has 1 aromatic rings. The van der Waals surface area contributed by atoms with Gasteiger partial charge in [0.1, 0.15) is 11.5 Å². The largest absolute Gasteiger partial charge is 0.497 e. The standard InChI is InChI=1S/C12H17NO2/c1-12(7-13)6-9-3-4-10(14-2)5-11(9)15-8-12/h3-5H,6-8,13H2,1-2H3. The molecule has 1 atom stereocenters. The fraction of sp³-hybridized carbons (Fsp3) is 0.500. The van der Waals surface area contributed by atoms with E-state index >= 15 is 0 Å². The third-order valence-electron chi connectivity index (χ3n) is 2.96. The van der Waals surface area contributed by atoms with Gasteiger partial charge in [0.15, 0.2) is 0 Å². The molecule has 0 amide bonds. The molecule has 15 heavy (non-hydrogen) atoms. The monoisotopic (exact) mass is 207 g/mol. The van der Waals surface area contributed by atoms with Gasteiger partial charge < -0.3 is 15.2 Å². The summed E-state index contributed by atoms with van der Waals surface area (Å²) in [6.07, 6.45) is 0.975. The number of methoxy groups -OCH3 is 1. The first-order chi connectivity index (χ1) is 7.17. The first-order valence-electron chi connectivity index (χ1n) is 5.17. The van der Waals surface area contributed by atoms with Crippen LogP contribution in [0, 0.1) is 5.41 Å². The number of rotatable bonds is 2. The van der Waals surface area contributed by atoms with Crippen molar-refractivity contribution in [2.24, 2.45) is 11.1 Å². The lowest BCUT2D eigenvalue weighted by atomic mass is 9.82. The van der Waals surface area contributed by atoms with E-state index < -0.39 is 0 Å². The van der Waals surface area contributed by atoms with E-state index in [1.54, 1.807) is 7.11 Å². The molecule has 1 aromatic carbocycles. The molecule has 82 valence electrons. The lowest BCUT2D eigenvalue weighted by Crippen LogP contribution is -2.38. The van der Waals surface area contributed by atoms with Crippen molar-refractivity contribution in [3.8, 4) is 11.5 Å². The first kappa shape index (κ1) is 10.3. The Hall–Kier alpha value is -1.22. The van der Waals surface area contributed by atoms with Crippen LogP contribution in [0.1, 0.15) is 12.5 Å². The Bertz CT molecular complexity index is 365. The molecule has 0 radical (unpaired) electrons. The quantitative estimate of drug-likeness (QED) is 0.801. The van der Waals surface area contributed by atoms with Gasteiger partial charge in [-0.05, 0) is 18.1 Å². The highest BCUT2D eigenvalue weighted by atomic mass is 16.5. The van der Waals surface area contributed by atoms with Gasteiger partial charge in [0, 0.05) is 18.0 Å². The van der Waals surface area contributed by atoms with Gasteiger partial charge in [0.25, 0.3) is 0 Å². The highest BCUT2D eigenvalue weighted by Crippen LogP contribution is 2.35. The summed E-state index contributed by atoms with van der Waals surface area (Å²) in [6, 6.07) is 5.96. The summed E-state index contributed by atoms with van der Waals surface area (Å²) < 4.78 is 10.9. The van der Waals surface area contributed by atoms with Crippen LogP contribution in [0.4, 0.5) is 0 Å². The van der Waals surface area contributed by atoms with Gasteiger partial charge in [0.2, 0.25) is 0 Å². The van der Waals surface area contributed by atoms with Gasteiger partial charge in [-0.2, -0.15) is 0 Å². The summed E-state index contributed by atoms with van der Waals surface area (Å²) in [5.74, 6) is 1.77. The molecule has 2 N–H and O–H groups in total. The topological polar surface area (TPSA) is 44.5 Å². The molecule has 1 aliphatic rings. The molecule has 1 heterocycles. The Kier molecular flexibility index (Phi) is 2.57. The van der Waals surface area contributed by atoms with E-state index in [1.807, 2.05) is 12.1 Å². The van der Waals surface area contributed by atoms with Gasteiger partial charge in [0.05, 0.1) is 13.7 Å². The van der Waals surface area contributed by atoms with Gasteiger partial charge >= 0.3 is 0 Å². The molecular formula is C12H17NO2. The normalized spacial score (nSPS) is 24.2. The van der Waals surface area contributed by atoms with Gasteiger partial charge in [-0.15, -0.1) is 0 Å². The molecule has 1 unspecified atom stereocenters. The van der Waals surface area contributed by atoms with Crippen LogP contribution < -0.4 is 15.2 Å². The molecular weight excluding hydrogens is 190 g/mol. The van der Waals surface area contributed by atoms with Crippen LogP contribution in [0.3, 0.4) is 0 Å². The Balaban J connectivity index is 2.28.